The molecule has 1 aromatic rings. The maximum Gasteiger partial charge on any atom is 0.191 e. The van der Waals surface area contributed by atoms with Gasteiger partial charge in [-0.3, -0.25) is 4.99 Å². The van der Waals surface area contributed by atoms with E-state index in [4.69, 9.17) is 10.00 Å². The Morgan fingerprint density at radius 2 is 2.17 bits per heavy atom. The highest BCUT2D eigenvalue weighted by Gasteiger charge is 2.58. The maximum absolute atomic E-state index is 8.96. The molecule has 0 saturated heterocycles. The maximum atomic E-state index is 8.96. The smallest absolute Gasteiger partial charge is 0.191 e. The summed E-state index contributed by atoms with van der Waals surface area (Å²) in [7, 11) is 3.54. The molecule has 1 saturated carbocycles. The molecule has 2 rings (SSSR count). The zero-order valence-electron chi connectivity index (χ0n) is 14.6. The fourth-order valence-corrected chi connectivity index (χ4v) is 3.02. The molecule has 0 bridgehead atoms. The van der Waals surface area contributed by atoms with Crippen molar-refractivity contribution < 1.29 is 4.74 Å². The third kappa shape index (κ3) is 3.32. The van der Waals surface area contributed by atoms with Gasteiger partial charge >= 0.3 is 0 Å². The van der Waals surface area contributed by atoms with E-state index in [0.717, 1.165) is 17.9 Å². The second-order valence-electron chi connectivity index (χ2n) is 6.80. The number of aliphatic imine (C=N–C) groups is 1. The van der Waals surface area contributed by atoms with Crippen molar-refractivity contribution in [2.75, 3.05) is 14.2 Å². The van der Waals surface area contributed by atoms with E-state index in [9.17, 15) is 0 Å². The molecule has 0 radical (unpaired) electrons. The zero-order valence-corrected chi connectivity index (χ0v) is 14.6. The number of guanidine groups is 1. The van der Waals surface area contributed by atoms with E-state index < -0.39 is 0 Å². The molecule has 1 aliphatic carbocycles. The van der Waals surface area contributed by atoms with Crippen molar-refractivity contribution in [1.29, 1.82) is 5.26 Å². The molecule has 5 heteroatoms. The first kappa shape index (κ1) is 17.3. The monoisotopic (exact) mass is 314 g/mol. The van der Waals surface area contributed by atoms with Gasteiger partial charge in [-0.05, 0) is 31.0 Å². The van der Waals surface area contributed by atoms with Crippen molar-refractivity contribution >= 4 is 5.96 Å². The lowest BCUT2D eigenvalue weighted by Crippen LogP contribution is -2.69. The van der Waals surface area contributed by atoms with Crippen LogP contribution >= 0.6 is 0 Å². The highest BCUT2D eigenvalue weighted by Crippen LogP contribution is 2.51. The molecule has 124 valence electrons. The minimum absolute atomic E-state index is 0.0279. The summed E-state index contributed by atoms with van der Waals surface area (Å²) in [5.74, 6) is 0.767. The van der Waals surface area contributed by atoms with Crippen molar-refractivity contribution in [1.82, 2.24) is 10.6 Å². The predicted molar refractivity (Wildman–Crippen MR) is 92.1 cm³/mol. The summed E-state index contributed by atoms with van der Waals surface area (Å²) in [4.78, 5) is 4.30. The van der Waals surface area contributed by atoms with Crippen LogP contribution < -0.4 is 10.6 Å². The van der Waals surface area contributed by atoms with Crippen LogP contribution in [-0.2, 0) is 11.3 Å². The minimum Gasteiger partial charge on any atom is -0.378 e. The summed E-state index contributed by atoms with van der Waals surface area (Å²) in [5.41, 5.74) is 1.65. The predicted octanol–water partition coefficient (Wildman–Crippen LogP) is 2.43. The average Bonchev–Trinajstić information content (AvgIpc) is 2.57. The van der Waals surface area contributed by atoms with Crippen molar-refractivity contribution in [3.63, 3.8) is 0 Å². The van der Waals surface area contributed by atoms with E-state index in [0.29, 0.717) is 18.2 Å². The number of methoxy groups -OCH3 is 1. The van der Waals surface area contributed by atoms with E-state index in [1.165, 1.54) is 0 Å². The van der Waals surface area contributed by atoms with Crippen LogP contribution in [0.25, 0.3) is 0 Å². The molecule has 2 N–H and O–H groups in total. The molecule has 1 aliphatic rings. The summed E-state index contributed by atoms with van der Waals surface area (Å²) in [6.07, 6.45) is 0.946. The van der Waals surface area contributed by atoms with Crippen LogP contribution in [0.2, 0.25) is 0 Å². The standard InChI is InChI=1S/C18H26N4O/c1-17(2)15(10-18(17,3)23-5)22-16(20-4)21-12-14-8-6-7-13(9-14)11-19/h6-9,15H,10,12H2,1-5H3,(H2,20,21,22). The second kappa shape index (κ2) is 6.59. The number of ether oxygens (including phenoxy) is 1. The summed E-state index contributed by atoms with van der Waals surface area (Å²) in [6.45, 7) is 7.20. The Labute approximate surface area is 138 Å². The molecule has 2 atom stereocenters. The fraction of sp³-hybridized carbons (Fsp3) is 0.556. The highest BCUT2D eigenvalue weighted by atomic mass is 16.5. The summed E-state index contributed by atoms with van der Waals surface area (Å²) < 4.78 is 5.66. The van der Waals surface area contributed by atoms with Crippen LogP contribution in [0.5, 0.6) is 0 Å². The van der Waals surface area contributed by atoms with Crippen LogP contribution in [-0.4, -0.2) is 31.8 Å². The Morgan fingerprint density at radius 1 is 1.43 bits per heavy atom. The molecule has 1 aromatic carbocycles. The minimum atomic E-state index is -0.107. The van der Waals surface area contributed by atoms with Gasteiger partial charge < -0.3 is 15.4 Å². The number of benzene rings is 1. The van der Waals surface area contributed by atoms with Crippen molar-refractivity contribution in [3.8, 4) is 6.07 Å². The SMILES string of the molecule is CN=C(NCc1cccc(C#N)c1)NC1CC(C)(OC)C1(C)C. The molecule has 1 fully saturated rings. The van der Waals surface area contributed by atoms with Crippen molar-refractivity contribution in [2.45, 2.75) is 45.4 Å². The molecular formula is C18H26N4O. The van der Waals surface area contributed by atoms with Crippen LogP contribution in [0.3, 0.4) is 0 Å². The molecular weight excluding hydrogens is 288 g/mol. The Bertz CT molecular complexity index is 632. The summed E-state index contributed by atoms with van der Waals surface area (Å²) >= 11 is 0. The third-order valence-electron chi connectivity index (χ3n) is 5.33. The molecule has 0 heterocycles. The molecule has 0 amide bonds. The quantitative estimate of drug-likeness (QED) is 0.661. The van der Waals surface area contributed by atoms with Crippen LogP contribution in [0.4, 0.5) is 0 Å². The van der Waals surface area contributed by atoms with E-state index in [1.54, 1.807) is 20.2 Å². The number of nitrogens with one attached hydrogen (secondary N) is 2. The first-order valence-corrected chi connectivity index (χ1v) is 7.87. The van der Waals surface area contributed by atoms with Gasteiger partial charge in [0.15, 0.2) is 5.96 Å². The summed E-state index contributed by atoms with van der Waals surface area (Å²) in [6, 6.07) is 10.0. The van der Waals surface area contributed by atoms with E-state index in [1.807, 2.05) is 18.2 Å². The molecule has 2 unspecified atom stereocenters. The molecule has 5 nitrogen and oxygen atoms in total. The molecule has 0 spiro atoms. The van der Waals surface area contributed by atoms with Gasteiger partial charge in [0.1, 0.15) is 0 Å². The van der Waals surface area contributed by atoms with E-state index >= 15 is 0 Å². The first-order chi connectivity index (χ1) is 10.9. The molecule has 0 aromatic heterocycles. The first-order valence-electron chi connectivity index (χ1n) is 7.87. The molecule has 23 heavy (non-hydrogen) atoms. The normalized spacial score (nSPS) is 26.1. The lowest BCUT2D eigenvalue weighted by Gasteiger charge is -2.59. The Kier molecular flexibility index (Phi) is 4.96. The van der Waals surface area contributed by atoms with Crippen LogP contribution in [0.15, 0.2) is 29.3 Å². The zero-order chi connectivity index (χ0) is 17.1. The van der Waals surface area contributed by atoms with Crippen LogP contribution in [0, 0.1) is 16.7 Å². The number of rotatable bonds is 4. The topological polar surface area (TPSA) is 69.4 Å². The van der Waals surface area contributed by atoms with Gasteiger partial charge in [-0.15, -0.1) is 0 Å². The van der Waals surface area contributed by atoms with Gasteiger partial charge in [0.05, 0.1) is 17.2 Å². The van der Waals surface area contributed by atoms with E-state index in [-0.39, 0.29) is 11.0 Å². The lowest BCUT2D eigenvalue weighted by atomic mass is 9.56. The average molecular weight is 314 g/mol. The Hall–Kier alpha value is -2.06. The summed E-state index contributed by atoms with van der Waals surface area (Å²) in [5, 5.41) is 15.7. The van der Waals surface area contributed by atoms with Gasteiger partial charge in [0, 0.05) is 32.2 Å². The van der Waals surface area contributed by atoms with Crippen molar-refractivity contribution in [2.24, 2.45) is 10.4 Å². The lowest BCUT2D eigenvalue weighted by molar-refractivity contribution is -0.176. The number of nitrogens with zero attached hydrogens (tertiary/aromatic N) is 2. The largest absolute Gasteiger partial charge is 0.378 e. The second-order valence-corrected chi connectivity index (χ2v) is 6.80. The number of nitriles is 1. The van der Waals surface area contributed by atoms with Gasteiger partial charge in [-0.2, -0.15) is 5.26 Å². The fourth-order valence-electron chi connectivity index (χ4n) is 3.02. The third-order valence-corrected chi connectivity index (χ3v) is 5.33. The van der Waals surface area contributed by atoms with Crippen molar-refractivity contribution in [3.05, 3.63) is 35.4 Å². The van der Waals surface area contributed by atoms with Gasteiger partial charge in [-0.25, -0.2) is 0 Å². The van der Waals surface area contributed by atoms with Gasteiger partial charge in [0.2, 0.25) is 0 Å². The van der Waals surface area contributed by atoms with Gasteiger partial charge in [-0.1, -0.05) is 26.0 Å². The van der Waals surface area contributed by atoms with E-state index in [2.05, 4.69) is 42.5 Å². The van der Waals surface area contributed by atoms with Crippen LogP contribution in [0.1, 0.15) is 38.3 Å². The number of hydrogen-bond donors (Lipinski definition) is 2. The Balaban J connectivity index is 1.94. The Morgan fingerprint density at radius 3 is 2.74 bits per heavy atom. The van der Waals surface area contributed by atoms with Gasteiger partial charge in [0.25, 0.3) is 0 Å². The number of hydrogen-bond acceptors (Lipinski definition) is 3. The highest BCUT2D eigenvalue weighted by molar-refractivity contribution is 5.80. The molecule has 0 aliphatic heterocycles.